The summed E-state index contributed by atoms with van der Waals surface area (Å²) in [6.45, 7) is 6.54. The summed E-state index contributed by atoms with van der Waals surface area (Å²) in [5.74, 6) is 2.62. The van der Waals surface area contributed by atoms with Crippen LogP contribution in [0.25, 0.3) is 0 Å². The van der Waals surface area contributed by atoms with Gasteiger partial charge in [0.05, 0.1) is 0 Å². The Labute approximate surface area is 133 Å². The Balaban J connectivity index is 3.34. The maximum atomic E-state index is 2.50. The smallest absolute Gasteiger partial charge is 0.109 e. The first kappa shape index (κ1) is 19.9. The molecule has 20 heavy (non-hydrogen) atoms. The molecule has 0 atom stereocenters. The van der Waals surface area contributed by atoms with Crippen molar-refractivity contribution in [3.63, 3.8) is 0 Å². The first-order chi connectivity index (χ1) is 9.85. The molecule has 0 fully saturated rings. The van der Waals surface area contributed by atoms with Crippen molar-refractivity contribution in [3.8, 4) is 0 Å². The minimum absolute atomic E-state index is 1.23. The van der Waals surface area contributed by atoms with Gasteiger partial charge in [0, 0.05) is 0 Å². The Morgan fingerprint density at radius 2 is 1.85 bits per heavy atom. The van der Waals surface area contributed by atoms with Crippen molar-refractivity contribution in [3.05, 3.63) is 23.8 Å². The van der Waals surface area contributed by atoms with Gasteiger partial charge in [-0.3, -0.25) is 0 Å². The molecule has 0 bridgehead atoms. The van der Waals surface area contributed by atoms with E-state index in [2.05, 4.69) is 58.0 Å². The lowest BCUT2D eigenvalue weighted by Crippen LogP contribution is -1.93. The molecule has 0 unspecified atom stereocenters. The first-order valence-corrected chi connectivity index (χ1v) is 9.65. The fourth-order valence-electron chi connectivity index (χ4n) is 2.27. The highest BCUT2D eigenvalue weighted by molar-refractivity contribution is 7.99. The second kappa shape index (κ2) is 16.9. The normalized spacial score (nSPS) is 12.2. The van der Waals surface area contributed by atoms with Crippen LogP contribution in [0.2, 0.25) is 12.6 Å². The zero-order valence-electron chi connectivity index (χ0n) is 14.0. The Hall–Kier alpha value is -0.105. The first-order valence-electron chi connectivity index (χ1n) is 8.49. The molecular formula is C18H34BS. The third-order valence-corrected chi connectivity index (χ3v) is 4.57. The third-order valence-electron chi connectivity index (χ3n) is 3.58. The van der Waals surface area contributed by atoms with Gasteiger partial charge in [-0.15, -0.1) is 0 Å². The molecule has 115 valence electrons. The van der Waals surface area contributed by atoms with Crippen molar-refractivity contribution in [2.75, 3.05) is 11.5 Å². The summed E-state index contributed by atoms with van der Waals surface area (Å²) in [4.78, 5) is 0. The van der Waals surface area contributed by atoms with E-state index in [1.807, 2.05) is 0 Å². The summed E-state index contributed by atoms with van der Waals surface area (Å²) in [6.07, 6.45) is 18.6. The Morgan fingerprint density at radius 1 is 1.00 bits per heavy atom. The van der Waals surface area contributed by atoms with Crippen LogP contribution in [0.15, 0.2) is 23.8 Å². The minimum atomic E-state index is 1.23. The average Bonchev–Trinajstić information content (AvgIpc) is 2.47. The summed E-state index contributed by atoms with van der Waals surface area (Å²) < 4.78 is 0. The van der Waals surface area contributed by atoms with Crippen molar-refractivity contribution in [2.45, 2.75) is 78.4 Å². The molecule has 0 aromatic carbocycles. The molecule has 0 saturated heterocycles. The van der Waals surface area contributed by atoms with Gasteiger partial charge in [0.1, 0.15) is 7.28 Å². The van der Waals surface area contributed by atoms with E-state index in [0.717, 1.165) is 0 Å². The van der Waals surface area contributed by atoms with Crippen LogP contribution in [-0.4, -0.2) is 18.8 Å². The monoisotopic (exact) mass is 293 g/mol. The van der Waals surface area contributed by atoms with E-state index < -0.39 is 0 Å². The summed E-state index contributed by atoms with van der Waals surface area (Å²) >= 11 is 2.07. The summed E-state index contributed by atoms with van der Waals surface area (Å²) in [6, 6.07) is 0. The quantitative estimate of drug-likeness (QED) is 0.199. The van der Waals surface area contributed by atoms with Crippen LogP contribution in [0.3, 0.4) is 0 Å². The number of hydrogen-bond donors (Lipinski definition) is 0. The van der Waals surface area contributed by atoms with Crippen LogP contribution in [0.1, 0.15) is 65.7 Å². The highest BCUT2D eigenvalue weighted by atomic mass is 32.2. The lowest BCUT2D eigenvalue weighted by Gasteiger charge is -2.06. The molecule has 0 aromatic heterocycles. The van der Waals surface area contributed by atoms with Gasteiger partial charge in [-0.05, 0) is 57.5 Å². The second-order valence-electron chi connectivity index (χ2n) is 5.28. The number of thioether (sulfide) groups is 1. The Bertz CT molecular complexity index is 246. The molecule has 0 rings (SSSR count). The van der Waals surface area contributed by atoms with Crippen molar-refractivity contribution in [1.82, 2.24) is 0 Å². The van der Waals surface area contributed by atoms with Crippen LogP contribution >= 0.6 is 11.8 Å². The highest BCUT2D eigenvalue weighted by Gasteiger charge is 1.98. The lowest BCUT2D eigenvalue weighted by molar-refractivity contribution is 0.771. The molecule has 0 aliphatic heterocycles. The van der Waals surface area contributed by atoms with Crippen molar-refractivity contribution < 1.29 is 0 Å². The fraction of sp³-hybridized carbons (Fsp3) is 0.778. The van der Waals surface area contributed by atoms with Crippen LogP contribution in [0.4, 0.5) is 0 Å². The fourth-order valence-corrected chi connectivity index (χ4v) is 2.97. The van der Waals surface area contributed by atoms with Crippen LogP contribution in [0.5, 0.6) is 0 Å². The number of allylic oxidation sites excluding steroid dienone is 4. The van der Waals surface area contributed by atoms with E-state index in [0.29, 0.717) is 0 Å². The van der Waals surface area contributed by atoms with Gasteiger partial charge in [-0.25, -0.2) is 0 Å². The van der Waals surface area contributed by atoms with E-state index in [4.69, 9.17) is 0 Å². The number of unbranched alkanes of at least 4 members (excludes halogenated alkanes) is 3. The van der Waals surface area contributed by atoms with Gasteiger partial charge in [-0.1, -0.05) is 56.2 Å². The highest BCUT2D eigenvalue weighted by Crippen LogP contribution is 2.15. The van der Waals surface area contributed by atoms with Crippen molar-refractivity contribution >= 4 is 19.0 Å². The maximum absolute atomic E-state index is 2.50. The summed E-state index contributed by atoms with van der Waals surface area (Å²) in [5.41, 5.74) is 1.64. The summed E-state index contributed by atoms with van der Waals surface area (Å²) in [5, 5.41) is 0. The Morgan fingerprint density at radius 3 is 2.55 bits per heavy atom. The topological polar surface area (TPSA) is 0 Å². The van der Waals surface area contributed by atoms with E-state index in [9.17, 15) is 0 Å². The predicted molar refractivity (Wildman–Crippen MR) is 99.3 cm³/mol. The molecule has 0 amide bonds. The van der Waals surface area contributed by atoms with Crippen molar-refractivity contribution in [2.24, 2.45) is 0 Å². The van der Waals surface area contributed by atoms with E-state index >= 15 is 0 Å². The zero-order valence-corrected chi connectivity index (χ0v) is 14.8. The zero-order chi connectivity index (χ0) is 14.9. The molecule has 0 aromatic rings. The minimum Gasteiger partial charge on any atom is -0.162 e. The van der Waals surface area contributed by atoms with E-state index in [1.54, 1.807) is 5.57 Å². The van der Waals surface area contributed by atoms with Gasteiger partial charge in [0.25, 0.3) is 0 Å². The molecule has 2 heteroatoms. The van der Waals surface area contributed by atoms with Gasteiger partial charge in [-0.2, -0.15) is 11.8 Å². The molecule has 1 radical (unpaired) electrons. The summed E-state index contributed by atoms with van der Waals surface area (Å²) in [7, 11) is 2.50. The standard InChI is InChI=1S/C18H34BS/c1-4-7-8-10-13-18(5-2)14-16-19-15-11-9-12-17-20-6-3/h4-5,7H,6,8-17H2,1-3H3/b7-4-,18-5+. The number of rotatable bonds is 14. The second-order valence-corrected chi connectivity index (χ2v) is 6.68. The molecule has 0 N–H and O–H groups in total. The van der Waals surface area contributed by atoms with Gasteiger partial charge in [0.2, 0.25) is 0 Å². The SMILES string of the molecule is C/C=C\CCC/C(=C\C)CC[B]CCCCCSCC. The molecule has 0 aliphatic rings. The van der Waals surface area contributed by atoms with Crippen LogP contribution in [0, 0.1) is 0 Å². The van der Waals surface area contributed by atoms with Gasteiger partial charge >= 0.3 is 0 Å². The largest absolute Gasteiger partial charge is 0.162 e. The predicted octanol–water partition coefficient (Wildman–Crippen LogP) is 6.53. The molecule has 0 spiro atoms. The van der Waals surface area contributed by atoms with E-state index in [-0.39, 0.29) is 0 Å². The average molecular weight is 293 g/mol. The molecule has 0 saturated carbocycles. The van der Waals surface area contributed by atoms with Gasteiger partial charge < -0.3 is 0 Å². The van der Waals surface area contributed by atoms with Crippen LogP contribution in [-0.2, 0) is 0 Å². The lowest BCUT2D eigenvalue weighted by atomic mass is 9.68. The van der Waals surface area contributed by atoms with Crippen LogP contribution < -0.4 is 0 Å². The van der Waals surface area contributed by atoms with E-state index in [1.165, 1.54) is 69.1 Å². The molecule has 0 nitrogen and oxygen atoms in total. The number of hydrogen-bond acceptors (Lipinski definition) is 1. The molecular weight excluding hydrogens is 259 g/mol. The van der Waals surface area contributed by atoms with Crippen molar-refractivity contribution in [1.29, 1.82) is 0 Å². The maximum Gasteiger partial charge on any atom is 0.109 e. The Kier molecular flexibility index (Phi) is 16.9. The third kappa shape index (κ3) is 14.3. The van der Waals surface area contributed by atoms with Gasteiger partial charge in [0.15, 0.2) is 0 Å². The molecule has 0 heterocycles. The molecule has 0 aliphatic carbocycles.